The van der Waals surface area contributed by atoms with Gasteiger partial charge in [-0.25, -0.2) is 4.98 Å². The van der Waals surface area contributed by atoms with Crippen molar-refractivity contribution in [2.75, 3.05) is 37.5 Å². The molecule has 3 aromatic rings. The third-order valence-corrected chi connectivity index (χ3v) is 4.21. The Morgan fingerprint density at radius 1 is 1.22 bits per heavy atom. The van der Waals surface area contributed by atoms with Crippen molar-refractivity contribution in [3.8, 4) is 11.3 Å². The average molecular weight is 365 g/mol. The zero-order valence-corrected chi connectivity index (χ0v) is 15.7. The molecule has 0 fully saturated rings. The molecule has 2 aromatic heterocycles. The Hall–Kier alpha value is -3.19. The van der Waals surface area contributed by atoms with Crippen LogP contribution in [0.3, 0.4) is 0 Å². The molecule has 0 saturated heterocycles. The summed E-state index contributed by atoms with van der Waals surface area (Å²) in [6.45, 7) is 1.37. The summed E-state index contributed by atoms with van der Waals surface area (Å²) in [5.74, 6) is 0.589. The molecular weight excluding hydrogens is 342 g/mol. The van der Waals surface area contributed by atoms with Crippen molar-refractivity contribution in [1.29, 1.82) is 0 Å². The largest absolute Gasteiger partial charge is 0.383 e. The van der Waals surface area contributed by atoms with E-state index >= 15 is 0 Å². The van der Waals surface area contributed by atoms with Crippen molar-refractivity contribution >= 4 is 17.4 Å². The summed E-state index contributed by atoms with van der Waals surface area (Å²) in [5, 5.41) is 7.30. The zero-order chi connectivity index (χ0) is 19.2. The van der Waals surface area contributed by atoms with E-state index in [9.17, 15) is 4.79 Å². The number of nitrogens with one attached hydrogen (secondary N) is 1. The number of benzene rings is 1. The molecule has 0 atom stereocenters. The SMILES string of the molecule is COCCN(C)c1ccc(NC(=O)c2cc(-c3ccccc3)nn2C)cn1. The first-order valence-corrected chi connectivity index (χ1v) is 8.65. The molecule has 27 heavy (non-hydrogen) atoms. The van der Waals surface area contributed by atoms with Crippen LogP contribution in [-0.2, 0) is 11.8 Å². The van der Waals surface area contributed by atoms with Crippen LogP contribution in [0.15, 0.2) is 54.7 Å². The molecule has 7 heteroatoms. The molecule has 0 radical (unpaired) electrons. The van der Waals surface area contributed by atoms with Gasteiger partial charge < -0.3 is 15.0 Å². The maximum absolute atomic E-state index is 12.6. The Morgan fingerprint density at radius 3 is 2.67 bits per heavy atom. The molecule has 2 heterocycles. The number of hydrogen-bond donors (Lipinski definition) is 1. The van der Waals surface area contributed by atoms with E-state index in [1.807, 2.05) is 54.4 Å². The summed E-state index contributed by atoms with van der Waals surface area (Å²) in [6.07, 6.45) is 1.64. The normalized spacial score (nSPS) is 10.6. The van der Waals surface area contributed by atoms with Crippen molar-refractivity contribution in [2.24, 2.45) is 7.05 Å². The van der Waals surface area contributed by atoms with Crippen LogP contribution in [0.1, 0.15) is 10.5 Å². The lowest BCUT2D eigenvalue weighted by Gasteiger charge is -2.17. The zero-order valence-electron chi connectivity index (χ0n) is 15.7. The van der Waals surface area contributed by atoms with Gasteiger partial charge in [-0.15, -0.1) is 0 Å². The number of carbonyl (C=O) groups excluding carboxylic acids is 1. The van der Waals surface area contributed by atoms with Crippen molar-refractivity contribution in [3.63, 3.8) is 0 Å². The number of likely N-dealkylation sites (N-methyl/N-ethyl adjacent to an activating group) is 1. The Bertz CT molecular complexity index is 890. The molecule has 3 rings (SSSR count). The second kappa shape index (κ2) is 8.46. The number of rotatable bonds is 7. The fourth-order valence-electron chi connectivity index (χ4n) is 2.65. The van der Waals surface area contributed by atoms with Crippen LogP contribution < -0.4 is 10.2 Å². The quantitative estimate of drug-likeness (QED) is 0.697. The van der Waals surface area contributed by atoms with Crippen molar-refractivity contribution in [2.45, 2.75) is 0 Å². The molecule has 1 aromatic carbocycles. The van der Waals surface area contributed by atoms with E-state index in [1.54, 1.807) is 31.1 Å². The van der Waals surface area contributed by atoms with Crippen LogP contribution in [0, 0.1) is 0 Å². The van der Waals surface area contributed by atoms with Crippen LogP contribution in [0.25, 0.3) is 11.3 Å². The third-order valence-electron chi connectivity index (χ3n) is 4.21. The lowest BCUT2D eigenvalue weighted by molar-refractivity contribution is 0.101. The number of methoxy groups -OCH3 is 1. The minimum atomic E-state index is -0.227. The van der Waals surface area contributed by atoms with Gasteiger partial charge in [0.1, 0.15) is 11.5 Å². The molecule has 0 aliphatic carbocycles. The lowest BCUT2D eigenvalue weighted by atomic mass is 10.1. The summed E-state index contributed by atoms with van der Waals surface area (Å²) in [5.41, 5.74) is 2.84. The second-order valence-corrected chi connectivity index (χ2v) is 6.18. The van der Waals surface area contributed by atoms with Crippen LogP contribution >= 0.6 is 0 Å². The highest BCUT2D eigenvalue weighted by Gasteiger charge is 2.15. The number of nitrogens with zero attached hydrogens (tertiary/aromatic N) is 4. The summed E-state index contributed by atoms with van der Waals surface area (Å²) in [4.78, 5) is 19.0. The highest BCUT2D eigenvalue weighted by Crippen LogP contribution is 2.19. The molecule has 0 spiro atoms. The highest BCUT2D eigenvalue weighted by atomic mass is 16.5. The van der Waals surface area contributed by atoms with E-state index in [1.165, 1.54) is 0 Å². The van der Waals surface area contributed by atoms with Crippen LogP contribution in [0.5, 0.6) is 0 Å². The Balaban J connectivity index is 1.70. The van der Waals surface area contributed by atoms with Gasteiger partial charge in [-0.1, -0.05) is 30.3 Å². The van der Waals surface area contributed by atoms with Crippen molar-refractivity contribution in [3.05, 3.63) is 60.4 Å². The highest BCUT2D eigenvalue weighted by molar-refractivity contribution is 6.03. The van der Waals surface area contributed by atoms with Gasteiger partial charge in [0.05, 0.1) is 24.2 Å². The average Bonchev–Trinajstić information content (AvgIpc) is 3.09. The molecule has 0 saturated carbocycles. The predicted molar refractivity (Wildman–Crippen MR) is 106 cm³/mol. The molecule has 7 nitrogen and oxygen atoms in total. The van der Waals surface area contributed by atoms with Gasteiger partial charge in [0.15, 0.2) is 0 Å². The van der Waals surface area contributed by atoms with E-state index in [0.29, 0.717) is 18.0 Å². The molecule has 0 unspecified atom stereocenters. The number of aryl methyl sites for hydroxylation is 1. The number of amides is 1. The lowest BCUT2D eigenvalue weighted by Crippen LogP contribution is -2.23. The second-order valence-electron chi connectivity index (χ2n) is 6.18. The molecule has 140 valence electrons. The van der Waals surface area contributed by atoms with Gasteiger partial charge in [-0.2, -0.15) is 5.10 Å². The van der Waals surface area contributed by atoms with Crippen LogP contribution in [0.2, 0.25) is 0 Å². The Kier molecular flexibility index (Phi) is 5.83. The van der Waals surface area contributed by atoms with Crippen molar-refractivity contribution < 1.29 is 9.53 Å². The number of hydrogen-bond acceptors (Lipinski definition) is 5. The number of pyridine rings is 1. The standard InChI is InChI=1S/C20H23N5O2/c1-24(11-12-27-3)19-10-9-16(14-21-19)22-20(26)18-13-17(23-25(18)2)15-7-5-4-6-8-15/h4-10,13-14H,11-12H2,1-3H3,(H,22,26). The molecule has 0 aliphatic heterocycles. The fraction of sp³-hybridized carbons (Fsp3) is 0.250. The first-order chi connectivity index (χ1) is 13.1. The van der Waals surface area contributed by atoms with E-state index in [-0.39, 0.29) is 5.91 Å². The van der Waals surface area contributed by atoms with E-state index in [2.05, 4.69) is 15.4 Å². The molecule has 1 N–H and O–H groups in total. The van der Waals surface area contributed by atoms with E-state index in [0.717, 1.165) is 23.6 Å². The maximum atomic E-state index is 12.6. The van der Waals surface area contributed by atoms with Crippen LogP contribution in [0.4, 0.5) is 11.5 Å². The number of anilines is 2. The number of aromatic nitrogens is 3. The molecule has 0 bridgehead atoms. The topological polar surface area (TPSA) is 72.3 Å². The minimum Gasteiger partial charge on any atom is -0.383 e. The van der Waals surface area contributed by atoms with Crippen molar-refractivity contribution in [1.82, 2.24) is 14.8 Å². The Morgan fingerprint density at radius 2 is 2.00 bits per heavy atom. The first kappa shape index (κ1) is 18.6. The smallest absolute Gasteiger partial charge is 0.273 e. The third kappa shape index (κ3) is 4.51. The Labute approximate surface area is 158 Å². The van der Waals surface area contributed by atoms with Gasteiger partial charge in [0.2, 0.25) is 0 Å². The maximum Gasteiger partial charge on any atom is 0.273 e. The van der Waals surface area contributed by atoms with Gasteiger partial charge in [-0.05, 0) is 18.2 Å². The first-order valence-electron chi connectivity index (χ1n) is 8.65. The summed E-state index contributed by atoms with van der Waals surface area (Å²) >= 11 is 0. The molecule has 0 aliphatic rings. The fourth-order valence-corrected chi connectivity index (χ4v) is 2.65. The minimum absolute atomic E-state index is 0.227. The van der Waals surface area contributed by atoms with Gasteiger partial charge in [0.25, 0.3) is 5.91 Å². The van der Waals surface area contributed by atoms with Gasteiger partial charge in [0, 0.05) is 33.3 Å². The summed E-state index contributed by atoms with van der Waals surface area (Å²) in [6, 6.07) is 15.2. The molecule has 1 amide bonds. The summed E-state index contributed by atoms with van der Waals surface area (Å²) < 4.78 is 6.65. The van der Waals surface area contributed by atoms with Gasteiger partial charge in [-0.3, -0.25) is 9.48 Å². The summed E-state index contributed by atoms with van der Waals surface area (Å²) in [7, 11) is 5.37. The van der Waals surface area contributed by atoms with E-state index in [4.69, 9.17) is 4.74 Å². The molecular formula is C20H23N5O2. The van der Waals surface area contributed by atoms with E-state index < -0.39 is 0 Å². The number of ether oxygens (including phenoxy) is 1. The number of carbonyl (C=O) groups is 1. The predicted octanol–water partition coefficient (Wildman–Crippen LogP) is 2.82. The monoisotopic (exact) mass is 365 g/mol. The van der Waals surface area contributed by atoms with Gasteiger partial charge >= 0.3 is 0 Å². The van der Waals surface area contributed by atoms with Crippen LogP contribution in [-0.4, -0.2) is 48.0 Å².